The average Bonchev–Trinajstić information content (AvgIpc) is 3.17. The van der Waals surface area contributed by atoms with Gasteiger partial charge in [0.2, 0.25) is 0 Å². The van der Waals surface area contributed by atoms with E-state index < -0.39 is 6.10 Å². The number of allylic oxidation sites excluding steroid dienone is 8. The van der Waals surface area contributed by atoms with Gasteiger partial charge in [0.25, 0.3) is 0 Å². The third kappa shape index (κ3) is 42.6. The lowest BCUT2D eigenvalue weighted by molar-refractivity contribution is -0.163. The van der Waals surface area contributed by atoms with Gasteiger partial charge in [-0.25, -0.2) is 0 Å². The van der Waals surface area contributed by atoms with Crippen molar-refractivity contribution in [2.45, 2.75) is 232 Å². The van der Waals surface area contributed by atoms with E-state index in [9.17, 15) is 9.59 Å². The van der Waals surface area contributed by atoms with E-state index in [0.717, 1.165) is 70.6 Å². The maximum Gasteiger partial charge on any atom is 0.306 e. The van der Waals surface area contributed by atoms with E-state index in [1.54, 1.807) is 0 Å². The highest BCUT2D eigenvalue weighted by atomic mass is 16.6. The van der Waals surface area contributed by atoms with Crippen LogP contribution >= 0.6 is 0 Å². The van der Waals surface area contributed by atoms with Gasteiger partial charge >= 0.3 is 11.9 Å². The van der Waals surface area contributed by atoms with Crippen LogP contribution in [0.5, 0.6) is 0 Å². The first-order valence-electron chi connectivity index (χ1n) is 23.2. The molecule has 0 aliphatic heterocycles. The molecule has 0 aromatic heterocycles. The predicted molar refractivity (Wildman–Crippen MR) is 233 cm³/mol. The minimum Gasteiger partial charge on any atom is -0.462 e. The van der Waals surface area contributed by atoms with Gasteiger partial charge in [-0.1, -0.05) is 204 Å². The Morgan fingerprint density at radius 1 is 0.426 bits per heavy atom. The van der Waals surface area contributed by atoms with Crippen molar-refractivity contribution < 1.29 is 23.8 Å². The quantitative estimate of drug-likeness (QED) is 0.0353. The van der Waals surface area contributed by atoms with E-state index in [1.165, 1.54) is 122 Å². The molecule has 0 rings (SSSR count). The number of hydrogen-bond acceptors (Lipinski definition) is 5. The summed E-state index contributed by atoms with van der Waals surface area (Å²) in [6, 6.07) is 0. The van der Waals surface area contributed by atoms with Crippen LogP contribution in [0.4, 0.5) is 0 Å². The summed E-state index contributed by atoms with van der Waals surface area (Å²) in [5.74, 6) is -0.441. The summed E-state index contributed by atoms with van der Waals surface area (Å²) in [4.78, 5) is 25.2. The summed E-state index contributed by atoms with van der Waals surface area (Å²) in [6.45, 7) is 7.67. The Hall–Kier alpha value is -2.14. The van der Waals surface area contributed by atoms with Gasteiger partial charge in [0.05, 0.1) is 6.61 Å². The van der Waals surface area contributed by atoms with Crippen LogP contribution in [0.25, 0.3) is 0 Å². The minimum absolute atomic E-state index is 0.0674. The summed E-state index contributed by atoms with van der Waals surface area (Å²) in [7, 11) is 0. The van der Waals surface area contributed by atoms with E-state index >= 15 is 0 Å². The SMILES string of the molecule is CC/C=C\C/C=C\C/C=C\C/C=C\CCCCC(=O)OCC(COCCCCCCCCCCCCCCCC)OC(=O)CCCCCCCCCCC. The van der Waals surface area contributed by atoms with Crippen LogP contribution in [-0.4, -0.2) is 37.9 Å². The number of ether oxygens (including phenoxy) is 3. The molecule has 0 radical (unpaired) electrons. The summed E-state index contributed by atoms with van der Waals surface area (Å²) in [5, 5.41) is 0. The predicted octanol–water partition coefficient (Wildman–Crippen LogP) is 15.2. The number of carbonyl (C=O) groups is 2. The molecule has 0 saturated carbocycles. The van der Waals surface area contributed by atoms with E-state index in [2.05, 4.69) is 69.4 Å². The first-order chi connectivity index (χ1) is 26.6. The molecule has 1 atom stereocenters. The first-order valence-corrected chi connectivity index (χ1v) is 23.2. The lowest BCUT2D eigenvalue weighted by Gasteiger charge is -2.18. The van der Waals surface area contributed by atoms with Gasteiger partial charge in [-0.2, -0.15) is 0 Å². The molecule has 54 heavy (non-hydrogen) atoms. The zero-order chi connectivity index (χ0) is 39.3. The van der Waals surface area contributed by atoms with E-state index in [-0.39, 0.29) is 25.2 Å². The van der Waals surface area contributed by atoms with Gasteiger partial charge in [-0.3, -0.25) is 9.59 Å². The van der Waals surface area contributed by atoms with Crippen molar-refractivity contribution in [3.05, 3.63) is 48.6 Å². The largest absolute Gasteiger partial charge is 0.462 e. The molecule has 0 N–H and O–H groups in total. The van der Waals surface area contributed by atoms with Gasteiger partial charge in [0, 0.05) is 19.4 Å². The minimum atomic E-state index is -0.545. The highest BCUT2D eigenvalue weighted by molar-refractivity contribution is 5.70. The molecule has 314 valence electrons. The Bertz CT molecular complexity index is 904. The molecule has 0 saturated heterocycles. The lowest BCUT2D eigenvalue weighted by atomic mass is 10.0. The molecule has 0 bridgehead atoms. The topological polar surface area (TPSA) is 61.8 Å². The Morgan fingerprint density at radius 3 is 1.33 bits per heavy atom. The Morgan fingerprint density at radius 2 is 0.833 bits per heavy atom. The Kier molecular flexibility index (Phi) is 43.5. The van der Waals surface area contributed by atoms with Crippen molar-refractivity contribution in [3.63, 3.8) is 0 Å². The molecular weight excluding hydrogens is 669 g/mol. The molecule has 0 fully saturated rings. The number of carbonyl (C=O) groups excluding carboxylic acids is 2. The van der Waals surface area contributed by atoms with Crippen molar-refractivity contribution >= 4 is 11.9 Å². The molecule has 0 aliphatic carbocycles. The molecule has 0 aliphatic rings. The van der Waals surface area contributed by atoms with Crippen LogP contribution in [0.15, 0.2) is 48.6 Å². The molecule has 0 aromatic rings. The molecule has 5 nitrogen and oxygen atoms in total. The third-order valence-electron chi connectivity index (χ3n) is 9.88. The van der Waals surface area contributed by atoms with Crippen molar-refractivity contribution in [2.75, 3.05) is 19.8 Å². The second-order valence-corrected chi connectivity index (χ2v) is 15.3. The molecule has 0 amide bonds. The van der Waals surface area contributed by atoms with Crippen molar-refractivity contribution in [2.24, 2.45) is 0 Å². The van der Waals surface area contributed by atoms with Gasteiger partial charge in [-0.15, -0.1) is 0 Å². The first kappa shape index (κ1) is 51.9. The summed E-state index contributed by atoms with van der Waals surface area (Å²) in [5.41, 5.74) is 0. The maximum absolute atomic E-state index is 12.7. The summed E-state index contributed by atoms with van der Waals surface area (Å²) < 4.78 is 17.3. The van der Waals surface area contributed by atoms with Gasteiger partial charge < -0.3 is 14.2 Å². The second-order valence-electron chi connectivity index (χ2n) is 15.3. The number of rotatable bonds is 42. The van der Waals surface area contributed by atoms with Crippen molar-refractivity contribution in [1.29, 1.82) is 0 Å². The highest BCUT2D eigenvalue weighted by Gasteiger charge is 2.17. The smallest absolute Gasteiger partial charge is 0.306 e. The fraction of sp³-hybridized carbons (Fsp3) is 0.796. The van der Waals surface area contributed by atoms with E-state index in [1.807, 2.05) is 0 Å². The molecule has 0 heterocycles. The number of hydrogen-bond donors (Lipinski definition) is 0. The Balaban J connectivity index is 4.26. The molecule has 1 unspecified atom stereocenters. The normalized spacial score (nSPS) is 12.6. The maximum atomic E-state index is 12.7. The molecule has 0 spiro atoms. The summed E-state index contributed by atoms with van der Waals surface area (Å²) in [6.07, 6.45) is 54.0. The fourth-order valence-corrected chi connectivity index (χ4v) is 6.44. The van der Waals surface area contributed by atoms with Crippen LogP contribution in [0.2, 0.25) is 0 Å². The highest BCUT2D eigenvalue weighted by Crippen LogP contribution is 2.14. The zero-order valence-electron chi connectivity index (χ0n) is 36.0. The average molecular weight is 757 g/mol. The van der Waals surface area contributed by atoms with Gasteiger partial charge in [-0.05, 0) is 57.8 Å². The van der Waals surface area contributed by atoms with Gasteiger partial charge in [0.1, 0.15) is 6.61 Å². The number of esters is 2. The molecule has 5 heteroatoms. The molecule has 0 aromatic carbocycles. The van der Waals surface area contributed by atoms with Crippen LogP contribution in [0.1, 0.15) is 226 Å². The Labute approximate surface area is 335 Å². The van der Waals surface area contributed by atoms with Crippen LogP contribution < -0.4 is 0 Å². The summed E-state index contributed by atoms with van der Waals surface area (Å²) >= 11 is 0. The molecular formula is C49H88O5. The van der Waals surface area contributed by atoms with Crippen molar-refractivity contribution in [1.82, 2.24) is 0 Å². The van der Waals surface area contributed by atoms with Crippen LogP contribution in [0.3, 0.4) is 0 Å². The second kappa shape index (κ2) is 45.3. The monoisotopic (exact) mass is 757 g/mol. The lowest BCUT2D eigenvalue weighted by Crippen LogP contribution is -2.30. The van der Waals surface area contributed by atoms with E-state index in [4.69, 9.17) is 14.2 Å². The zero-order valence-corrected chi connectivity index (χ0v) is 36.0. The number of unbranched alkanes of at least 4 members (excludes halogenated alkanes) is 23. The fourth-order valence-electron chi connectivity index (χ4n) is 6.44. The third-order valence-corrected chi connectivity index (χ3v) is 9.88. The van der Waals surface area contributed by atoms with Crippen LogP contribution in [-0.2, 0) is 23.8 Å². The standard InChI is InChI=1S/C49H88O5/c1-4-7-10-13-16-19-21-23-25-26-28-31-33-36-39-42-48(50)53-46-47(54-49(51)43-40-37-34-30-18-15-12-9-6-3)45-52-44-41-38-35-32-29-27-24-22-20-17-14-11-8-5-2/h7,10,16,19,23,25,28,31,47H,4-6,8-9,11-15,17-18,20-22,24,26-27,29-30,32-46H2,1-3H3/b10-7-,19-16-,25-23-,31-28-. The van der Waals surface area contributed by atoms with Gasteiger partial charge in [0.15, 0.2) is 6.10 Å². The van der Waals surface area contributed by atoms with Crippen LogP contribution in [0, 0.1) is 0 Å². The van der Waals surface area contributed by atoms with Crippen molar-refractivity contribution in [3.8, 4) is 0 Å². The van der Waals surface area contributed by atoms with E-state index in [0.29, 0.717) is 19.4 Å².